The first-order chi connectivity index (χ1) is 20.6. The number of alkyl halides is 3. The first-order valence-electron chi connectivity index (χ1n) is 14.0. The predicted octanol–water partition coefficient (Wildman–Crippen LogP) is 6.65. The van der Waals surface area contributed by atoms with Crippen molar-refractivity contribution >= 4 is 58.7 Å². The monoisotopic (exact) mass is 649 g/mol. The molecule has 0 fully saturated rings. The van der Waals surface area contributed by atoms with Crippen molar-refractivity contribution in [3.8, 4) is 0 Å². The lowest BCUT2D eigenvalue weighted by atomic mass is 10.0. The molecule has 0 aliphatic carbocycles. The summed E-state index contributed by atoms with van der Waals surface area (Å²) >= 11 is 4.32. The number of hydrogen-bond donors (Lipinski definition) is 4. The highest BCUT2D eigenvalue weighted by Crippen LogP contribution is 2.38. The van der Waals surface area contributed by atoms with E-state index < -0.39 is 30.1 Å². The fourth-order valence-electron chi connectivity index (χ4n) is 4.93. The van der Waals surface area contributed by atoms with Crippen molar-refractivity contribution in [3.05, 3.63) is 77.5 Å². The summed E-state index contributed by atoms with van der Waals surface area (Å²) in [4.78, 5) is 18.6. The second-order valence-electron chi connectivity index (χ2n) is 11.1. The zero-order valence-electron chi connectivity index (χ0n) is 25.0. The van der Waals surface area contributed by atoms with Gasteiger partial charge in [0.05, 0.1) is 22.5 Å². The number of nitrogens with zero attached hydrogens (tertiary/aromatic N) is 2. The molecule has 0 radical (unpaired) electrons. The number of anilines is 2. The molecule has 1 atom stereocenters. The zero-order chi connectivity index (χ0) is 32.4. The van der Waals surface area contributed by atoms with Gasteiger partial charge in [0, 0.05) is 59.7 Å². The van der Waals surface area contributed by atoms with Gasteiger partial charge in [-0.05, 0) is 63.6 Å². The summed E-state index contributed by atoms with van der Waals surface area (Å²) in [6, 6.07) is 11.6. The van der Waals surface area contributed by atoms with E-state index in [1.54, 1.807) is 67.7 Å². The number of amides is 1. The van der Waals surface area contributed by atoms with E-state index in [1.807, 2.05) is 0 Å². The number of halogens is 4. The van der Waals surface area contributed by atoms with Gasteiger partial charge in [-0.2, -0.15) is 25.8 Å². The molecule has 44 heavy (non-hydrogen) atoms. The van der Waals surface area contributed by atoms with Crippen molar-refractivity contribution in [2.75, 3.05) is 51.1 Å². The molecule has 2 heterocycles. The molecule has 13 heteroatoms. The third kappa shape index (κ3) is 7.47. The van der Waals surface area contributed by atoms with Crippen LogP contribution in [0.4, 0.5) is 28.9 Å². The first kappa shape index (κ1) is 33.6. The van der Waals surface area contributed by atoms with Gasteiger partial charge in [0.25, 0.3) is 5.91 Å². The average Bonchev–Trinajstić information content (AvgIpc) is 2.97. The minimum absolute atomic E-state index is 0.245. The molecule has 236 valence electrons. The average molecular weight is 650 g/mol. The highest BCUT2D eigenvalue weighted by Gasteiger charge is 2.35. The quantitative estimate of drug-likeness (QED) is 0.0853. The van der Waals surface area contributed by atoms with Crippen LogP contribution in [0.25, 0.3) is 16.3 Å². The Balaban J connectivity index is 1.63. The molecule has 1 aromatic heterocycles. The van der Waals surface area contributed by atoms with Gasteiger partial charge in [-0.3, -0.25) is 14.7 Å². The molecule has 1 aliphatic heterocycles. The summed E-state index contributed by atoms with van der Waals surface area (Å²) in [5, 5.41) is 9.45. The Hall–Kier alpha value is -3.34. The highest BCUT2D eigenvalue weighted by molar-refractivity contribution is 7.81. The number of hydrogen-bond acceptors (Lipinski definition) is 7. The number of likely N-dealkylation sites (N-methyl/N-ethyl adjacent to an activating group) is 1. The molecule has 1 amide bonds. The van der Waals surface area contributed by atoms with Crippen molar-refractivity contribution in [2.24, 2.45) is 0 Å². The molecular weight excluding hydrogens is 613 g/mol. The Labute approximate surface area is 260 Å². The van der Waals surface area contributed by atoms with Crippen molar-refractivity contribution in [3.63, 3.8) is 0 Å². The highest BCUT2D eigenvalue weighted by atomic mass is 32.1. The Kier molecular flexibility index (Phi) is 10.2. The Morgan fingerprint density at radius 2 is 1.89 bits per heavy atom. The number of thiol groups is 1. The summed E-state index contributed by atoms with van der Waals surface area (Å²) < 4.78 is 69.1. The smallest absolute Gasteiger partial charge is 0.384 e. The molecule has 3 N–H and O–H groups in total. The van der Waals surface area contributed by atoms with E-state index in [1.165, 1.54) is 7.05 Å². The van der Waals surface area contributed by atoms with Crippen LogP contribution in [0.5, 0.6) is 0 Å². The summed E-state index contributed by atoms with van der Waals surface area (Å²) in [6.45, 7) is 7.48. The third-order valence-corrected chi connectivity index (χ3v) is 9.65. The van der Waals surface area contributed by atoms with Crippen LogP contribution in [0.15, 0.2) is 60.6 Å². The number of benzene rings is 2. The minimum atomic E-state index is -4.70. The zero-order valence-corrected chi connectivity index (χ0v) is 26.8. The summed E-state index contributed by atoms with van der Waals surface area (Å²) in [6.07, 6.45) is -3.54. The number of carbonyl (C=O) groups is 1. The van der Waals surface area contributed by atoms with Gasteiger partial charge in [0.1, 0.15) is 18.3 Å². The van der Waals surface area contributed by atoms with Gasteiger partial charge in [0.2, 0.25) is 0 Å². The van der Waals surface area contributed by atoms with Crippen molar-refractivity contribution in [1.29, 1.82) is 0 Å². The second kappa shape index (κ2) is 13.3. The van der Waals surface area contributed by atoms with Crippen LogP contribution >= 0.6 is 19.8 Å². The third-order valence-electron chi connectivity index (χ3n) is 7.51. The van der Waals surface area contributed by atoms with Crippen LogP contribution in [0.1, 0.15) is 34.6 Å². The molecule has 0 spiro atoms. The summed E-state index contributed by atoms with van der Waals surface area (Å²) in [5.41, 5.74) is 0.716. The van der Waals surface area contributed by atoms with Gasteiger partial charge in [-0.15, -0.1) is 0 Å². The minimum Gasteiger partial charge on any atom is -0.384 e. The SMILES string of the molecule is C=C(c1nc(CCCNc2ccc(P(C)(C)=O)cc2C(=O)NC)cc2c(NC3=C(F)C(S)N(C)CC3)cccc12)C(F)(F)F. The molecule has 0 saturated carbocycles. The van der Waals surface area contributed by atoms with Gasteiger partial charge in [-0.25, -0.2) is 4.39 Å². The number of rotatable bonds is 10. The van der Waals surface area contributed by atoms with E-state index >= 15 is 4.39 Å². The maximum Gasteiger partial charge on any atom is 0.417 e. The molecule has 7 nitrogen and oxygen atoms in total. The second-order valence-corrected chi connectivity index (χ2v) is 14.8. The van der Waals surface area contributed by atoms with Crippen LogP contribution in [0.2, 0.25) is 0 Å². The van der Waals surface area contributed by atoms with E-state index in [4.69, 9.17) is 0 Å². The van der Waals surface area contributed by atoms with Crippen LogP contribution in [0.3, 0.4) is 0 Å². The Morgan fingerprint density at radius 1 is 1.16 bits per heavy atom. The van der Waals surface area contributed by atoms with E-state index in [9.17, 15) is 22.5 Å². The topological polar surface area (TPSA) is 86.4 Å². The van der Waals surface area contributed by atoms with Gasteiger partial charge < -0.3 is 20.5 Å². The molecule has 4 rings (SSSR count). The fourth-order valence-corrected chi connectivity index (χ4v) is 6.08. The predicted molar refractivity (Wildman–Crippen MR) is 174 cm³/mol. The van der Waals surface area contributed by atoms with E-state index in [0.717, 1.165) is 0 Å². The Bertz CT molecular complexity index is 1670. The van der Waals surface area contributed by atoms with Crippen molar-refractivity contribution in [1.82, 2.24) is 15.2 Å². The molecule has 0 bridgehead atoms. The molecular formula is C31H36F4N5O2PS. The van der Waals surface area contributed by atoms with Gasteiger partial charge in [0.15, 0.2) is 0 Å². The van der Waals surface area contributed by atoms with Crippen LogP contribution in [0, 0.1) is 0 Å². The number of aryl methyl sites for hydroxylation is 1. The maximum absolute atomic E-state index is 15.0. The lowest BCUT2D eigenvalue weighted by molar-refractivity contribution is -0.0688. The number of carbonyl (C=O) groups excluding carboxylic acids is 1. The van der Waals surface area contributed by atoms with Crippen molar-refractivity contribution in [2.45, 2.75) is 30.8 Å². The fraction of sp³-hybridized carbons (Fsp3) is 0.355. The molecule has 1 unspecified atom stereocenters. The van der Waals surface area contributed by atoms with Crippen LogP contribution < -0.4 is 21.3 Å². The lowest BCUT2D eigenvalue weighted by Crippen LogP contribution is -2.34. The largest absolute Gasteiger partial charge is 0.417 e. The number of pyridine rings is 1. The van der Waals surface area contributed by atoms with Crippen LogP contribution in [-0.4, -0.2) is 67.9 Å². The van der Waals surface area contributed by atoms with E-state index in [0.29, 0.717) is 71.4 Å². The standard InChI is InChI=1S/C31H36F4N5O2PS/c1-18(31(33,34)35)28-21-9-6-10-25(39-26-13-15-40(3)30(44)27(26)32)22(21)16-19(38-28)8-7-14-37-24-12-11-20(43(4,5)42)17-23(24)29(41)36-2/h6,9-12,16-17,30,37,39,44H,1,7-8,13-15H2,2-5H3,(H,36,41). The summed E-state index contributed by atoms with van der Waals surface area (Å²) in [7, 11) is 0.671. The van der Waals surface area contributed by atoms with Gasteiger partial charge in [-0.1, -0.05) is 18.7 Å². The maximum atomic E-state index is 15.0. The molecule has 2 aromatic carbocycles. The van der Waals surface area contributed by atoms with Crippen LogP contribution in [-0.2, 0) is 11.0 Å². The van der Waals surface area contributed by atoms with E-state index in [-0.39, 0.29) is 17.0 Å². The molecule has 1 aliphatic rings. The normalized spacial score (nSPS) is 16.2. The number of allylic oxidation sites excluding steroid dienone is 1. The van der Waals surface area contributed by atoms with Gasteiger partial charge >= 0.3 is 6.18 Å². The molecule has 3 aromatic rings. The molecule has 0 saturated heterocycles. The number of nitrogens with one attached hydrogen (secondary N) is 3. The Morgan fingerprint density at radius 3 is 2.55 bits per heavy atom. The lowest BCUT2D eigenvalue weighted by Gasteiger charge is -2.30. The van der Waals surface area contributed by atoms with E-state index in [2.05, 4.69) is 40.1 Å². The number of aromatic nitrogens is 1. The first-order valence-corrected chi connectivity index (χ1v) is 17.1. The summed E-state index contributed by atoms with van der Waals surface area (Å²) in [5.74, 6) is -0.779. The van der Waals surface area contributed by atoms with Crippen molar-refractivity contribution < 1.29 is 26.9 Å². The number of fused-ring (bicyclic) bond motifs is 1.